The van der Waals surface area contributed by atoms with Crippen LogP contribution in [0.25, 0.3) is 10.2 Å². The largest absolute Gasteiger partial charge is 0.486 e. The van der Waals surface area contributed by atoms with Crippen molar-refractivity contribution in [2.75, 3.05) is 13.2 Å². The van der Waals surface area contributed by atoms with E-state index < -0.39 is 0 Å². The van der Waals surface area contributed by atoms with Crippen LogP contribution in [-0.4, -0.2) is 28.9 Å². The highest BCUT2D eigenvalue weighted by molar-refractivity contribution is 7.99. The molecule has 1 aliphatic rings. The van der Waals surface area contributed by atoms with Crippen molar-refractivity contribution in [3.8, 4) is 23.8 Å². The van der Waals surface area contributed by atoms with Gasteiger partial charge >= 0.3 is 0 Å². The number of terminal acetylenes is 1. The van der Waals surface area contributed by atoms with Gasteiger partial charge in [0.05, 0.1) is 16.8 Å². The Morgan fingerprint density at radius 2 is 2.03 bits per heavy atom. The third-order valence-corrected chi connectivity index (χ3v) is 6.28. The number of nitrogens with zero attached hydrogens (tertiary/aromatic N) is 2. The number of carbonyl (C=O) groups is 1. The SMILES string of the molecule is C#CCn1c(=NC(=O)c2cccc(SC(C)C)c2)sc2cc3c(cc21)OCCO3. The molecule has 2 aromatic carbocycles. The van der Waals surface area contributed by atoms with Crippen LogP contribution in [0, 0.1) is 12.3 Å². The zero-order valence-corrected chi connectivity index (χ0v) is 17.8. The lowest BCUT2D eigenvalue weighted by molar-refractivity contribution is 0.0997. The van der Waals surface area contributed by atoms with Crippen LogP contribution < -0.4 is 14.3 Å². The number of benzene rings is 2. The van der Waals surface area contributed by atoms with E-state index in [4.69, 9.17) is 15.9 Å². The van der Waals surface area contributed by atoms with Crippen molar-refractivity contribution in [3.63, 3.8) is 0 Å². The first-order chi connectivity index (χ1) is 14.0. The summed E-state index contributed by atoms with van der Waals surface area (Å²) in [6.07, 6.45) is 5.57. The molecule has 148 valence electrons. The van der Waals surface area contributed by atoms with E-state index in [0.29, 0.717) is 46.9 Å². The number of thioether (sulfide) groups is 1. The fourth-order valence-electron chi connectivity index (χ4n) is 3.06. The number of amides is 1. The first-order valence-electron chi connectivity index (χ1n) is 9.27. The van der Waals surface area contributed by atoms with Gasteiger partial charge in [0.25, 0.3) is 5.91 Å². The fraction of sp³-hybridized carbons (Fsp3) is 0.273. The Kier molecular flexibility index (Phi) is 5.65. The van der Waals surface area contributed by atoms with Crippen LogP contribution in [0.4, 0.5) is 0 Å². The summed E-state index contributed by atoms with van der Waals surface area (Å²) in [5, 5.41) is 0.438. The number of hydrogen-bond acceptors (Lipinski definition) is 5. The molecule has 0 saturated heterocycles. The number of aromatic nitrogens is 1. The minimum absolute atomic E-state index is 0.286. The van der Waals surface area contributed by atoms with Crippen LogP contribution in [0.5, 0.6) is 11.5 Å². The highest BCUT2D eigenvalue weighted by Gasteiger charge is 2.17. The number of carbonyl (C=O) groups excluding carboxylic acids is 1. The van der Waals surface area contributed by atoms with Crippen molar-refractivity contribution in [3.05, 3.63) is 46.8 Å². The van der Waals surface area contributed by atoms with Gasteiger partial charge in [-0.3, -0.25) is 4.79 Å². The predicted octanol–water partition coefficient (Wildman–Crippen LogP) is 4.35. The third-order valence-electron chi connectivity index (χ3n) is 4.25. The maximum Gasteiger partial charge on any atom is 0.279 e. The Morgan fingerprint density at radius 1 is 1.28 bits per heavy atom. The average molecular weight is 425 g/mol. The lowest BCUT2D eigenvalue weighted by Crippen LogP contribution is -2.17. The summed E-state index contributed by atoms with van der Waals surface area (Å²) >= 11 is 3.13. The van der Waals surface area contributed by atoms with Gasteiger partial charge in [-0.1, -0.05) is 37.2 Å². The van der Waals surface area contributed by atoms with E-state index in [1.54, 1.807) is 17.8 Å². The molecule has 0 spiro atoms. The molecular weight excluding hydrogens is 404 g/mol. The Hall–Kier alpha value is -2.69. The lowest BCUT2D eigenvalue weighted by atomic mass is 10.2. The van der Waals surface area contributed by atoms with Gasteiger partial charge in [0.15, 0.2) is 16.3 Å². The van der Waals surface area contributed by atoms with Gasteiger partial charge in [0.1, 0.15) is 13.2 Å². The number of rotatable bonds is 4. The molecular formula is C22H20N2O3S2. The van der Waals surface area contributed by atoms with Gasteiger partial charge in [-0.2, -0.15) is 4.99 Å². The Labute approximate surface area is 177 Å². The maximum atomic E-state index is 12.9. The fourth-order valence-corrected chi connectivity index (χ4v) is 5.00. The van der Waals surface area contributed by atoms with E-state index in [1.807, 2.05) is 34.9 Å². The van der Waals surface area contributed by atoms with Gasteiger partial charge in [-0.15, -0.1) is 18.2 Å². The van der Waals surface area contributed by atoms with Crippen LogP contribution >= 0.6 is 23.1 Å². The monoisotopic (exact) mass is 424 g/mol. The molecule has 0 atom stereocenters. The second kappa shape index (κ2) is 8.36. The van der Waals surface area contributed by atoms with Crippen molar-refractivity contribution < 1.29 is 14.3 Å². The average Bonchev–Trinajstić information content (AvgIpc) is 3.02. The molecule has 0 unspecified atom stereocenters. The Morgan fingerprint density at radius 3 is 2.76 bits per heavy atom. The summed E-state index contributed by atoms with van der Waals surface area (Å²) in [6, 6.07) is 11.4. The van der Waals surface area contributed by atoms with Crippen molar-refractivity contribution in [1.29, 1.82) is 0 Å². The zero-order valence-electron chi connectivity index (χ0n) is 16.2. The summed E-state index contributed by atoms with van der Waals surface area (Å²) < 4.78 is 14.2. The summed E-state index contributed by atoms with van der Waals surface area (Å²) in [5.74, 6) is 3.75. The first-order valence-corrected chi connectivity index (χ1v) is 11.0. The molecule has 0 saturated carbocycles. The van der Waals surface area contributed by atoms with Crippen molar-refractivity contribution in [2.24, 2.45) is 4.99 Å². The van der Waals surface area contributed by atoms with Gasteiger partial charge in [0.2, 0.25) is 0 Å². The summed E-state index contributed by atoms with van der Waals surface area (Å²) in [7, 11) is 0. The van der Waals surface area contributed by atoms with Crippen LogP contribution in [0.15, 0.2) is 46.3 Å². The van der Waals surface area contributed by atoms with Crippen LogP contribution in [0.1, 0.15) is 24.2 Å². The van der Waals surface area contributed by atoms with Crippen LogP contribution in [0.2, 0.25) is 0 Å². The molecule has 5 nitrogen and oxygen atoms in total. The van der Waals surface area contributed by atoms with Gasteiger partial charge in [-0.25, -0.2) is 0 Å². The molecule has 2 heterocycles. The number of ether oxygens (including phenoxy) is 2. The minimum Gasteiger partial charge on any atom is -0.486 e. The lowest BCUT2D eigenvalue weighted by Gasteiger charge is -2.18. The Balaban J connectivity index is 1.78. The van der Waals surface area contributed by atoms with Crippen molar-refractivity contribution in [1.82, 2.24) is 4.57 Å². The third kappa shape index (κ3) is 4.19. The molecule has 1 aromatic heterocycles. The zero-order chi connectivity index (χ0) is 20.4. The molecule has 0 fully saturated rings. The second-order valence-corrected chi connectivity index (χ2v) is 9.41. The van der Waals surface area contributed by atoms with E-state index in [0.717, 1.165) is 15.1 Å². The first kappa shape index (κ1) is 19.6. The highest BCUT2D eigenvalue weighted by Crippen LogP contribution is 2.35. The smallest absolute Gasteiger partial charge is 0.279 e. The molecule has 0 aliphatic carbocycles. The molecule has 1 amide bonds. The quantitative estimate of drug-likeness (QED) is 0.462. The van der Waals surface area contributed by atoms with E-state index in [1.165, 1.54) is 11.3 Å². The van der Waals surface area contributed by atoms with Gasteiger partial charge < -0.3 is 14.0 Å². The Bertz CT molecular complexity index is 1180. The molecule has 29 heavy (non-hydrogen) atoms. The minimum atomic E-state index is -0.286. The molecule has 0 N–H and O–H groups in total. The summed E-state index contributed by atoms with van der Waals surface area (Å²) in [5.41, 5.74) is 1.44. The molecule has 3 aromatic rings. The number of hydrogen-bond donors (Lipinski definition) is 0. The van der Waals surface area contributed by atoms with Crippen molar-refractivity contribution in [2.45, 2.75) is 30.5 Å². The highest BCUT2D eigenvalue weighted by atomic mass is 32.2. The second-order valence-electron chi connectivity index (χ2n) is 6.75. The summed E-state index contributed by atoms with van der Waals surface area (Å²) in [6.45, 7) is 5.59. The van der Waals surface area contributed by atoms with Gasteiger partial charge in [-0.05, 0) is 18.2 Å². The summed E-state index contributed by atoms with van der Waals surface area (Å²) in [4.78, 5) is 18.9. The van der Waals surface area contributed by atoms with E-state index >= 15 is 0 Å². The number of fused-ring (bicyclic) bond motifs is 2. The van der Waals surface area contributed by atoms with E-state index in [-0.39, 0.29) is 5.91 Å². The maximum absolute atomic E-state index is 12.9. The van der Waals surface area contributed by atoms with Crippen molar-refractivity contribution >= 4 is 39.2 Å². The molecule has 0 radical (unpaired) electrons. The molecule has 1 aliphatic heterocycles. The molecule has 0 bridgehead atoms. The van der Waals surface area contributed by atoms with Gasteiger partial charge in [0, 0.05) is 27.8 Å². The van der Waals surface area contributed by atoms with Crippen LogP contribution in [0.3, 0.4) is 0 Å². The topological polar surface area (TPSA) is 52.8 Å². The van der Waals surface area contributed by atoms with E-state index in [2.05, 4.69) is 24.8 Å². The number of thiazole rings is 1. The van der Waals surface area contributed by atoms with Crippen LogP contribution in [-0.2, 0) is 6.54 Å². The molecule has 4 rings (SSSR count). The normalized spacial score (nSPS) is 13.7. The van der Waals surface area contributed by atoms with E-state index in [9.17, 15) is 4.79 Å². The predicted molar refractivity (Wildman–Crippen MR) is 117 cm³/mol. The molecule has 7 heteroatoms. The standard InChI is InChI=1S/C22H20N2O3S2/c1-4-8-24-17-12-18-19(27-10-9-26-18)13-20(17)29-22(24)23-21(25)15-6-5-7-16(11-15)28-14(2)3/h1,5-7,11-14H,8-10H2,2-3H3.